The molecule has 1 aliphatic rings. The van der Waals surface area contributed by atoms with Gasteiger partial charge in [0.1, 0.15) is 24.4 Å². The highest BCUT2D eigenvalue weighted by Crippen LogP contribution is 2.22. The lowest BCUT2D eigenvalue weighted by molar-refractivity contribution is -0.302. The number of aliphatic hydroxyl groups is 5. The van der Waals surface area contributed by atoms with E-state index in [-0.39, 0.29) is 18.9 Å². The highest BCUT2D eigenvalue weighted by molar-refractivity contribution is 5.76. The lowest BCUT2D eigenvalue weighted by Crippen LogP contribution is -2.60. The predicted octanol–water partition coefficient (Wildman–Crippen LogP) is 4.60. The summed E-state index contributed by atoms with van der Waals surface area (Å²) in [4.78, 5) is 12.7. The number of aliphatic hydroxyl groups excluding tert-OH is 5. The third-order valence-corrected chi connectivity index (χ3v) is 7.69. The Balaban J connectivity index is 2.60. The van der Waals surface area contributed by atoms with Crippen LogP contribution in [0.15, 0.2) is 36.5 Å². The van der Waals surface area contributed by atoms with Crippen LogP contribution in [0.25, 0.3) is 0 Å². The van der Waals surface area contributed by atoms with Gasteiger partial charge in [0.15, 0.2) is 6.29 Å². The maximum atomic E-state index is 12.7. The molecule has 0 saturated carbocycles. The van der Waals surface area contributed by atoms with Gasteiger partial charge in [-0.15, -0.1) is 0 Å². The quantitative estimate of drug-likeness (QED) is 0.0648. The van der Waals surface area contributed by atoms with E-state index in [1.807, 2.05) is 6.08 Å². The fraction of sp³-hybridized carbons (Fsp3) is 0.794. The van der Waals surface area contributed by atoms with Crippen molar-refractivity contribution in [2.75, 3.05) is 13.2 Å². The van der Waals surface area contributed by atoms with Crippen LogP contribution in [0.2, 0.25) is 0 Å². The van der Waals surface area contributed by atoms with E-state index in [9.17, 15) is 30.3 Å². The molecule has 0 bridgehead atoms. The molecule has 1 rings (SSSR count). The summed E-state index contributed by atoms with van der Waals surface area (Å²) < 4.78 is 11.1. The molecule has 7 unspecified atom stereocenters. The summed E-state index contributed by atoms with van der Waals surface area (Å²) in [5.41, 5.74) is 0. The Morgan fingerprint density at radius 2 is 1.33 bits per heavy atom. The van der Waals surface area contributed by atoms with Crippen molar-refractivity contribution in [1.82, 2.24) is 5.32 Å². The van der Waals surface area contributed by atoms with Crippen molar-refractivity contribution in [3.05, 3.63) is 36.5 Å². The third-order valence-electron chi connectivity index (χ3n) is 7.69. The number of carbonyl (C=O) groups is 1. The molecule has 0 aromatic heterocycles. The Morgan fingerprint density at radius 3 is 1.95 bits per heavy atom. The van der Waals surface area contributed by atoms with E-state index >= 15 is 0 Å². The molecule has 1 aliphatic heterocycles. The van der Waals surface area contributed by atoms with Gasteiger partial charge in [-0.1, -0.05) is 95.2 Å². The Kier molecular flexibility index (Phi) is 23.6. The van der Waals surface area contributed by atoms with Crippen LogP contribution in [-0.4, -0.2) is 87.5 Å². The minimum atomic E-state index is -1.57. The highest BCUT2D eigenvalue weighted by Gasteiger charge is 2.44. The minimum absolute atomic E-state index is 0.213. The smallest absolute Gasteiger partial charge is 0.220 e. The first-order valence-electron chi connectivity index (χ1n) is 16.7. The van der Waals surface area contributed by atoms with Crippen molar-refractivity contribution < 1.29 is 39.8 Å². The Morgan fingerprint density at radius 1 is 0.767 bits per heavy atom. The van der Waals surface area contributed by atoms with E-state index in [2.05, 4.69) is 43.5 Å². The van der Waals surface area contributed by atoms with Crippen LogP contribution in [-0.2, 0) is 14.3 Å². The molecule has 0 aliphatic carbocycles. The van der Waals surface area contributed by atoms with Crippen molar-refractivity contribution in [2.45, 2.75) is 159 Å². The summed E-state index contributed by atoms with van der Waals surface area (Å²) in [5.74, 6) is -0.229. The van der Waals surface area contributed by atoms with Gasteiger partial charge in [-0.3, -0.25) is 4.79 Å². The van der Waals surface area contributed by atoms with E-state index in [0.29, 0.717) is 6.42 Å². The first-order chi connectivity index (χ1) is 20.8. The van der Waals surface area contributed by atoms with Crippen LogP contribution >= 0.6 is 0 Å². The summed E-state index contributed by atoms with van der Waals surface area (Å²) in [6, 6.07) is -0.830. The Labute approximate surface area is 260 Å². The van der Waals surface area contributed by atoms with E-state index in [1.165, 1.54) is 57.8 Å². The van der Waals surface area contributed by atoms with E-state index in [0.717, 1.165) is 32.1 Å². The second kappa shape index (κ2) is 25.7. The van der Waals surface area contributed by atoms with Gasteiger partial charge < -0.3 is 40.3 Å². The van der Waals surface area contributed by atoms with Crippen LogP contribution in [0.1, 0.15) is 117 Å². The number of ether oxygens (including phenoxy) is 2. The number of allylic oxidation sites excluding steroid dienone is 5. The molecular formula is C34H61NO8. The summed E-state index contributed by atoms with van der Waals surface area (Å²) >= 11 is 0. The summed E-state index contributed by atoms with van der Waals surface area (Å²) in [7, 11) is 0. The van der Waals surface area contributed by atoms with Gasteiger partial charge in [0.2, 0.25) is 5.91 Å². The predicted molar refractivity (Wildman–Crippen MR) is 170 cm³/mol. The molecule has 1 saturated heterocycles. The standard InChI is InChI=1S/C34H61NO8/c1-3-5-7-9-11-13-14-16-17-19-21-23-28(37)27(26-42-34-33(41)32(40)31(39)29(25-36)43-34)35-30(38)24-22-20-18-15-12-10-8-6-4-2/h14-16,18,21,23,27-29,31-34,36-37,39-41H,3-13,17,19-20,22,24-26H2,1-2H3,(H,35,38)/b16-14+,18-15-,23-21+. The largest absolute Gasteiger partial charge is 0.394 e. The molecule has 0 spiro atoms. The average molecular weight is 612 g/mol. The lowest BCUT2D eigenvalue weighted by Gasteiger charge is -2.40. The number of hydrogen-bond donors (Lipinski definition) is 6. The zero-order chi connectivity index (χ0) is 31.7. The normalized spacial score (nSPS) is 24.3. The van der Waals surface area contributed by atoms with Crippen molar-refractivity contribution in [3.8, 4) is 0 Å². The number of rotatable bonds is 25. The molecule has 0 aromatic carbocycles. The molecule has 0 radical (unpaired) electrons. The number of unbranched alkanes of at least 4 members (excludes halogenated alkanes) is 11. The number of nitrogens with one attached hydrogen (secondary N) is 1. The SMILES string of the molecule is CCCCCC/C=C\CCCC(=O)NC(COC1OC(CO)C(O)C(O)C1O)C(O)/C=C/CC/C=C/CCCCCCC. The van der Waals surface area contributed by atoms with Crippen molar-refractivity contribution in [1.29, 1.82) is 0 Å². The minimum Gasteiger partial charge on any atom is -0.394 e. The third kappa shape index (κ3) is 18.1. The van der Waals surface area contributed by atoms with Gasteiger partial charge in [0, 0.05) is 6.42 Å². The van der Waals surface area contributed by atoms with E-state index in [1.54, 1.807) is 6.08 Å². The van der Waals surface area contributed by atoms with E-state index in [4.69, 9.17) is 9.47 Å². The topological polar surface area (TPSA) is 149 Å². The van der Waals surface area contributed by atoms with Crippen LogP contribution < -0.4 is 5.32 Å². The molecule has 1 amide bonds. The van der Waals surface area contributed by atoms with Crippen LogP contribution in [0.3, 0.4) is 0 Å². The van der Waals surface area contributed by atoms with Gasteiger partial charge in [0.05, 0.1) is 25.4 Å². The van der Waals surface area contributed by atoms with Gasteiger partial charge in [0.25, 0.3) is 0 Å². The van der Waals surface area contributed by atoms with Crippen molar-refractivity contribution in [3.63, 3.8) is 0 Å². The van der Waals surface area contributed by atoms with Crippen LogP contribution in [0, 0.1) is 0 Å². The van der Waals surface area contributed by atoms with Crippen molar-refractivity contribution >= 4 is 5.91 Å². The summed E-state index contributed by atoms with van der Waals surface area (Å²) in [6.45, 7) is 3.62. The molecule has 7 atom stereocenters. The fourth-order valence-corrected chi connectivity index (χ4v) is 4.88. The Hall–Kier alpha value is -1.59. The number of hydrogen-bond acceptors (Lipinski definition) is 8. The maximum absolute atomic E-state index is 12.7. The fourth-order valence-electron chi connectivity index (χ4n) is 4.88. The van der Waals surface area contributed by atoms with Gasteiger partial charge in [-0.25, -0.2) is 0 Å². The summed E-state index contributed by atoms with van der Waals surface area (Å²) in [6.07, 6.45) is 20.7. The zero-order valence-corrected chi connectivity index (χ0v) is 26.7. The van der Waals surface area contributed by atoms with E-state index < -0.39 is 49.5 Å². The first kappa shape index (κ1) is 39.4. The molecule has 250 valence electrons. The molecule has 6 N–H and O–H groups in total. The number of amides is 1. The molecule has 43 heavy (non-hydrogen) atoms. The second-order valence-corrected chi connectivity index (χ2v) is 11.6. The molecule has 1 fully saturated rings. The molecular weight excluding hydrogens is 550 g/mol. The van der Waals surface area contributed by atoms with Crippen LogP contribution in [0.5, 0.6) is 0 Å². The molecule has 9 heteroatoms. The molecule has 0 aromatic rings. The van der Waals surface area contributed by atoms with Gasteiger partial charge in [-0.2, -0.15) is 0 Å². The average Bonchev–Trinajstić information content (AvgIpc) is 3.00. The summed E-state index contributed by atoms with van der Waals surface area (Å²) in [5, 5.41) is 53.5. The Bertz CT molecular complexity index is 771. The van der Waals surface area contributed by atoms with Crippen molar-refractivity contribution in [2.24, 2.45) is 0 Å². The zero-order valence-electron chi connectivity index (χ0n) is 26.7. The first-order valence-corrected chi connectivity index (χ1v) is 16.7. The van der Waals surface area contributed by atoms with Crippen LogP contribution in [0.4, 0.5) is 0 Å². The lowest BCUT2D eigenvalue weighted by atomic mass is 9.99. The van der Waals surface area contributed by atoms with Gasteiger partial charge in [-0.05, 0) is 51.4 Å². The second-order valence-electron chi connectivity index (χ2n) is 11.6. The van der Waals surface area contributed by atoms with Gasteiger partial charge >= 0.3 is 0 Å². The molecule has 9 nitrogen and oxygen atoms in total. The molecule has 1 heterocycles. The monoisotopic (exact) mass is 611 g/mol. The highest BCUT2D eigenvalue weighted by atomic mass is 16.7. The number of carbonyl (C=O) groups excluding carboxylic acids is 1. The maximum Gasteiger partial charge on any atom is 0.220 e.